The molecular formula is C15H21Cl3N6O. The van der Waals surface area contributed by atoms with Gasteiger partial charge >= 0.3 is 0 Å². The first-order chi connectivity index (χ1) is 11.1. The number of piperazine rings is 1. The van der Waals surface area contributed by atoms with E-state index >= 15 is 0 Å². The Balaban J connectivity index is 0.00000156. The number of carbonyl (C=O) groups excluding carboxylic acids is 1. The van der Waals surface area contributed by atoms with Gasteiger partial charge in [-0.25, -0.2) is 9.97 Å². The minimum atomic E-state index is -0.0964. The van der Waals surface area contributed by atoms with Gasteiger partial charge in [0, 0.05) is 45.3 Å². The van der Waals surface area contributed by atoms with E-state index < -0.39 is 0 Å². The Bertz CT molecular complexity index is 678. The van der Waals surface area contributed by atoms with E-state index in [2.05, 4.69) is 25.5 Å². The van der Waals surface area contributed by atoms with Gasteiger partial charge < -0.3 is 15.2 Å². The zero-order chi connectivity index (χ0) is 16.2. The Kier molecular flexibility index (Phi) is 8.61. The predicted molar refractivity (Wildman–Crippen MR) is 103 cm³/mol. The number of pyridine rings is 1. The summed E-state index contributed by atoms with van der Waals surface area (Å²) in [7, 11) is 1.97. The van der Waals surface area contributed by atoms with E-state index in [0.29, 0.717) is 17.4 Å². The summed E-state index contributed by atoms with van der Waals surface area (Å²) < 4.78 is 1.99. The normalized spacial score (nSPS) is 17.3. The van der Waals surface area contributed by atoms with E-state index in [1.165, 1.54) is 6.20 Å². The lowest BCUT2D eigenvalue weighted by atomic mass is 10.1. The molecule has 2 N–H and O–H groups in total. The van der Waals surface area contributed by atoms with Gasteiger partial charge in [-0.2, -0.15) is 0 Å². The van der Waals surface area contributed by atoms with Gasteiger partial charge in [0.05, 0.1) is 17.6 Å². The average molecular weight is 408 g/mol. The molecule has 3 rings (SSSR count). The number of hydrogen-bond acceptors (Lipinski definition) is 5. The summed E-state index contributed by atoms with van der Waals surface area (Å²) >= 11 is 5.80. The number of imidazole rings is 1. The Morgan fingerprint density at radius 3 is 2.84 bits per heavy atom. The van der Waals surface area contributed by atoms with Crippen molar-refractivity contribution < 1.29 is 4.79 Å². The molecular weight excluding hydrogens is 387 g/mol. The van der Waals surface area contributed by atoms with Crippen molar-refractivity contribution in [1.82, 2.24) is 24.8 Å². The molecule has 2 aromatic heterocycles. The lowest BCUT2D eigenvalue weighted by molar-refractivity contribution is -0.118. The first-order valence-electron chi connectivity index (χ1n) is 7.47. The van der Waals surface area contributed by atoms with Crippen LogP contribution in [0, 0.1) is 0 Å². The number of nitrogens with zero attached hydrogens (tertiary/aromatic N) is 4. The molecule has 0 bridgehead atoms. The number of anilines is 1. The maximum absolute atomic E-state index is 12.3. The molecule has 1 saturated heterocycles. The van der Waals surface area contributed by atoms with Crippen molar-refractivity contribution >= 4 is 48.1 Å². The maximum Gasteiger partial charge on any atom is 0.239 e. The average Bonchev–Trinajstić information content (AvgIpc) is 2.96. The van der Waals surface area contributed by atoms with Crippen LogP contribution in [0.1, 0.15) is 11.9 Å². The number of hydrogen-bond donors (Lipinski definition) is 2. The predicted octanol–water partition coefficient (Wildman–Crippen LogP) is 1.90. The quantitative estimate of drug-likeness (QED) is 0.809. The van der Waals surface area contributed by atoms with E-state index in [1.807, 2.05) is 17.8 Å². The first-order valence-corrected chi connectivity index (χ1v) is 7.84. The molecule has 0 saturated carbocycles. The van der Waals surface area contributed by atoms with Gasteiger partial charge in [0.2, 0.25) is 5.91 Å². The van der Waals surface area contributed by atoms with Crippen molar-refractivity contribution in [1.29, 1.82) is 0 Å². The molecule has 1 aliphatic heterocycles. The van der Waals surface area contributed by atoms with Crippen LogP contribution < -0.4 is 10.6 Å². The van der Waals surface area contributed by atoms with E-state index in [-0.39, 0.29) is 36.8 Å². The Morgan fingerprint density at radius 2 is 2.20 bits per heavy atom. The highest BCUT2D eigenvalue weighted by molar-refractivity contribution is 6.30. The largest absolute Gasteiger partial charge is 0.337 e. The van der Waals surface area contributed by atoms with Crippen molar-refractivity contribution in [3.8, 4) is 0 Å². The standard InChI is InChI=1S/C15H19ClN6O.2ClH/c1-21-6-5-18-15(21)12-9-17-4-7-22(12)10-14(23)20-13-3-2-11(16)8-19-13;;/h2-3,5-6,8,12,17H,4,7,9-10H2,1H3,(H,19,20,23);2*1H. The van der Waals surface area contributed by atoms with Crippen LogP contribution in [0.4, 0.5) is 5.82 Å². The van der Waals surface area contributed by atoms with Gasteiger partial charge in [-0.3, -0.25) is 9.69 Å². The summed E-state index contributed by atoms with van der Waals surface area (Å²) in [6.07, 6.45) is 5.21. The molecule has 25 heavy (non-hydrogen) atoms. The number of aromatic nitrogens is 3. The SMILES string of the molecule is Cl.Cl.Cn1ccnc1C1CNCCN1CC(=O)Nc1ccc(Cl)cn1. The van der Waals surface area contributed by atoms with E-state index in [1.54, 1.807) is 18.3 Å². The number of amides is 1. The van der Waals surface area contributed by atoms with Crippen LogP contribution in [0.15, 0.2) is 30.7 Å². The Labute approximate surface area is 164 Å². The fourth-order valence-corrected chi connectivity index (χ4v) is 2.82. The number of rotatable bonds is 4. The number of aryl methyl sites for hydroxylation is 1. The Hall–Kier alpha value is -1.38. The number of nitrogens with one attached hydrogen (secondary N) is 2. The molecule has 1 fully saturated rings. The molecule has 0 spiro atoms. The van der Waals surface area contributed by atoms with Crippen LogP contribution in [-0.2, 0) is 11.8 Å². The number of halogens is 3. The molecule has 0 aromatic carbocycles. The van der Waals surface area contributed by atoms with Gasteiger partial charge in [-0.05, 0) is 12.1 Å². The smallest absolute Gasteiger partial charge is 0.239 e. The van der Waals surface area contributed by atoms with Gasteiger partial charge in [-0.1, -0.05) is 11.6 Å². The van der Waals surface area contributed by atoms with Crippen LogP contribution in [0.5, 0.6) is 0 Å². The van der Waals surface area contributed by atoms with Crippen LogP contribution in [-0.4, -0.2) is 51.5 Å². The summed E-state index contributed by atoms with van der Waals surface area (Å²) in [6, 6.07) is 3.47. The number of carbonyl (C=O) groups is 1. The fraction of sp³-hybridized carbons (Fsp3) is 0.400. The van der Waals surface area contributed by atoms with Crippen molar-refractivity contribution in [2.75, 3.05) is 31.5 Å². The summed E-state index contributed by atoms with van der Waals surface area (Å²) in [5.41, 5.74) is 0. The zero-order valence-corrected chi connectivity index (χ0v) is 16.1. The minimum absolute atomic E-state index is 0. The lowest BCUT2D eigenvalue weighted by Gasteiger charge is -2.35. The van der Waals surface area contributed by atoms with Crippen molar-refractivity contribution in [2.45, 2.75) is 6.04 Å². The third-order valence-corrected chi connectivity index (χ3v) is 4.08. The van der Waals surface area contributed by atoms with Gasteiger partial charge in [0.1, 0.15) is 11.6 Å². The highest BCUT2D eigenvalue weighted by atomic mass is 35.5. The molecule has 138 valence electrons. The van der Waals surface area contributed by atoms with E-state index in [0.717, 1.165) is 25.5 Å². The second kappa shape index (κ2) is 9.94. The summed E-state index contributed by atoms with van der Waals surface area (Å²) in [4.78, 5) is 22.9. The zero-order valence-electron chi connectivity index (χ0n) is 13.7. The second-order valence-corrected chi connectivity index (χ2v) is 5.93. The monoisotopic (exact) mass is 406 g/mol. The highest BCUT2D eigenvalue weighted by Crippen LogP contribution is 2.20. The van der Waals surface area contributed by atoms with Gasteiger partial charge in [0.25, 0.3) is 0 Å². The van der Waals surface area contributed by atoms with Crippen molar-refractivity contribution in [3.63, 3.8) is 0 Å². The topological polar surface area (TPSA) is 75.1 Å². The highest BCUT2D eigenvalue weighted by Gasteiger charge is 2.28. The van der Waals surface area contributed by atoms with E-state index in [4.69, 9.17) is 11.6 Å². The van der Waals surface area contributed by atoms with Gasteiger partial charge in [0.15, 0.2) is 0 Å². The first kappa shape index (κ1) is 21.7. The van der Waals surface area contributed by atoms with Crippen LogP contribution >= 0.6 is 36.4 Å². The van der Waals surface area contributed by atoms with Gasteiger partial charge in [-0.15, -0.1) is 24.8 Å². The molecule has 1 atom stereocenters. The van der Waals surface area contributed by atoms with Crippen molar-refractivity contribution in [3.05, 3.63) is 41.6 Å². The second-order valence-electron chi connectivity index (χ2n) is 5.50. The summed E-state index contributed by atoms with van der Waals surface area (Å²) in [5, 5.41) is 6.70. The molecule has 10 heteroatoms. The summed E-state index contributed by atoms with van der Waals surface area (Å²) in [5.74, 6) is 1.36. The molecule has 0 radical (unpaired) electrons. The Morgan fingerprint density at radius 1 is 1.40 bits per heavy atom. The van der Waals surface area contributed by atoms with Crippen molar-refractivity contribution in [2.24, 2.45) is 7.05 Å². The summed E-state index contributed by atoms with van der Waals surface area (Å²) in [6.45, 7) is 2.72. The molecule has 3 heterocycles. The lowest BCUT2D eigenvalue weighted by Crippen LogP contribution is -2.49. The molecule has 2 aromatic rings. The minimum Gasteiger partial charge on any atom is -0.337 e. The third-order valence-electron chi connectivity index (χ3n) is 3.85. The van der Waals surface area contributed by atoms with Crippen LogP contribution in [0.2, 0.25) is 5.02 Å². The fourth-order valence-electron chi connectivity index (χ4n) is 2.71. The molecule has 0 aliphatic carbocycles. The third kappa shape index (κ3) is 5.55. The van der Waals surface area contributed by atoms with E-state index in [9.17, 15) is 4.79 Å². The molecule has 1 unspecified atom stereocenters. The maximum atomic E-state index is 12.3. The molecule has 7 nitrogen and oxygen atoms in total. The van der Waals surface area contributed by atoms with Crippen LogP contribution in [0.25, 0.3) is 0 Å². The van der Waals surface area contributed by atoms with Crippen LogP contribution in [0.3, 0.4) is 0 Å². The molecule has 1 amide bonds. The molecule has 1 aliphatic rings.